The Kier molecular flexibility index (Phi) is 9.13. The van der Waals surface area contributed by atoms with Gasteiger partial charge in [-0.25, -0.2) is 4.79 Å². The van der Waals surface area contributed by atoms with Crippen molar-refractivity contribution in [3.8, 4) is 5.75 Å². The van der Waals surface area contributed by atoms with Crippen molar-refractivity contribution in [3.63, 3.8) is 0 Å². The molecule has 0 bridgehead atoms. The van der Waals surface area contributed by atoms with E-state index in [1.54, 1.807) is 0 Å². The van der Waals surface area contributed by atoms with Gasteiger partial charge in [0, 0.05) is 53.0 Å². The number of piperidine rings is 1. The molecule has 16 heteroatoms. The quantitative estimate of drug-likeness (QED) is 0.374. The van der Waals surface area contributed by atoms with E-state index in [-0.39, 0.29) is 38.2 Å². The van der Waals surface area contributed by atoms with Crippen molar-refractivity contribution >= 4 is 16.9 Å². The van der Waals surface area contributed by atoms with E-state index in [2.05, 4.69) is 4.74 Å². The molecular weight excluding hydrogens is 595 g/mol. The van der Waals surface area contributed by atoms with Crippen molar-refractivity contribution in [2.24, 2.45) is 0 Å². The van der Waals surface area contributed by atoms with Crippen LogP contribution in [0.15, 0.2) is 18.2 Å². The van der Waals surface area contributed by atoms with Gasteiger partial charge in [0.05, 0.1) is 5.56 Å². The summed E-state index contributed by atoms with van der Waals surface area (Å²) < 4.78 is 139. The predicted octanol–water partition coefficient (Wildman–Crippen LogP) is 6.06. The second-order valence-electron chi connectivity index (χ2n) is 10.6. The van der Waals surface area contributed by atoms with Crippen molar-refractivity contribution < 1.29 is 58.0 Å². The molecule has 1 spiro atoms. The fraction of sp³-hybridized carbons (Fsp3) is 0.720. The van der Waals surface area contributed by atoms with Gasteiger partial charge in [-0.2, -0.15) is 39.5 Å². The van der Waals surface area contributed by atoms with Crippen LogP contribution >= 0.6 is 0 Å². The number of amides is 1. The van der Waals surface area contributed by atoms with Gasteiger partial charge in [0.2, 0.25) is 0 Å². The zero-order valence-corrected chi connectivity index (χ0v) is 22.5. The first-order valence-corrected chi connectivity index (χ1v) is 14.5. The van der Waals surface area contributed by atoms with Crippen LogP contribution < -0.4 is 4.74 Å². The molecule has 3 aliphatic heterocycles. The Labute approximate surface area is 232 Å². The number of nitrogens with zero attached hydrogens (tertiary/aromatic N) is 2. The highest BCUT2D eigenvalue weighted by Crippen LogP contribution is 2.42. The third-order valence-electron chi connectivity index (χ3n) is 7.89. The Morgan fingerprint density at radius 3 is 2.12 bits per heavy atom. The van der Waals surface area contributed by atoms with E-state index in [1.807, 2.05) is 4.90 Å². The molecule has 3 heterocycles. The molecule has 0 unspecified atom stereocenters. The van der Waals surface area contributed by atoms with Gasteiger partial charge in [-0.15, -0.1) is 0 Å². The normalized spacial score (nSPS) is 24.2. The summed E-state index contributed by atoms with van der Waals surface area (Å²) in [6, 6.07) is 3.24. The van der Waals surface area contributed by atoms with Crippen molar-refractivity contribution in [3.05, 3.63) is 29.3 Å². The number of hydrogen-bond acceptors (Lipinski definition) is 5. The number of benzene rings is 1. The molecule has 232 valence electrons. The molecule has 6 nitrogen and oxygen atoms in total. The van der Waals surface area contributed by atoms with Gasteiger partial charge >= 0.3 is 24.6 Å². The summed E-state index contributed by atoms with van der Waals surface area (Å²) in [6.45, 7) is 0.457. The number of likely N-dealkylation sites (tertiary alicyclic amines) is 2. The highest BCUT2D eigenvalue weighted by Gasteiger charge is 2.60. The summed E-state index contributed by atoms with van der Waals surface area (Å²) in [6.07, 6.45) is -19.9. The first-order valence-electron chi connectivity index (χ1n) is 13.0. The summed E-state index contributed by atoms with van der Waals surface area (Å²) in [5, 5.41) is 0. The number of ether oxygens (including phenoxy) is 2. The van der Waals surface area contributed by atoms with Gasteiger partial charge in [-0.1, -0.05) is 6.07 Å². The number of carbonyl (C=O) groups excluding carboxylic acids is 1. The van der Waals surface area contributed by atoms with Crippen molar-refractivity contribution in [2.75, 3.05) is 31.1 Å². The highest BCUT2D eigenvalue weighted by molar-refractivity contribution is 7.85. The number of halogens is 9. The van der Waals surface area contributed by atoms with Gasteiger partial charge in [0.1, 0.15) is 11.9 Å². The van der Waals surface area contributed by atoms with Crippen molar-refractivity contribution in [2.45, 2.75) is 81.3 Å². The average Bonchev–Trinajstić information content (AvgIpc) is 3.24. The van der Waals surface area contributed by atoms with Crippen LogP contribution in [0.5, 0.6) is 5.75 Å². The van der Waals surface area contributed by atoms with Gasteiger partial charge in [-0.3, -0.25) is 9.11 Å². The molecule has 1 aromatic carbocycles. The zero-order chi connectivity index (χ0) is 30.2. The molecule has 0 aliphatic carbocycles. The standard InChI is InChI=1S/C25H29F9N2O4S/c26-23(27,28)17-3-2-16(19(14-17)39-18-4-12-41(38)13-5-18)15-36-9-1-6-22(36)7-10-35(11-8-22)21(37)40-20(24(29,30)31)25(32,33)34/h2-3,14,18,20H,1,4-13,15H2. The first-order chi connectivity index (χ1) is 19.0. The summed E-state index contributed by atoms with van der Waals surface area (Å²) in [4.78, 5) is 15.0. The maximum absolute atomic E-state index is 13.5. The lowest BCUT2D eigenvalue weighted by atomic mass is 9.84. The van der Waals surface area contributed by atoms with E-state index in [0.717, 1.165) is 17.0 Å². The molecule has 41 heavy (non-hydrogen) atoms. The van der Waals surface area contributed by atoms with Gasteiger partial charge in [0.15, 0.2) is 0 Å². The molecule has 3 fully saturated rings. The van der Waals surface area contributed by atoms with Crippen LogP contribution in [0.25, 0.3) is 0 Å². The van der Waals surface area contributed by atoms with E-state index in [4.69, 9.17) is 4.74 Å². The van der Waals surface area contributed by atoms with E-state index in [1.165, 1.54) is 6.07 Å². The molecule has 0 atom stereocenters. The third-order valence-corrected chi connectivity index (χ3v) is 9.27. The fourth-order valence-electron chi connectivity index (χ4n) is 5.65. The molecule has 1 aromatic rings. The Morgan fingerprint density at radius 1 is 0.951 bits per heavy atom. The summed E-state index contributed by atoms with van der Waals surface area (Å²) in [5.74, 6) is 0.838. The number of hydrogen-bond donors (Lipinski definition) is 0. The molecule has 3 saturated heterocycles. The smallest absolute Gasteiger partial charge is 0.434 e. The minimum Gasteiger partial charge on any atom is -0.490 e. The van der Waals surface area contributed by atoms with Crippen LogP contribution in [0.4, 0.5) is 44.3 Å². The van der Waals surface area contributed by atoms with Crippen LogP contribution in [0.3, 0.4) is 0 Å². The highest BCUT2D eigenvalue weighted by atomic mass is 32.2. The van der Waals surface area contributed by atoms with E-state index in [0.29, 0.717) is 49.3 Å². The molecule has 4 rings (SSSR count). The molecule has 0 N–H and O–H groups in total. The largest absolute Gasteiger partial charge is 0.490 e. The third kappa shape index (κ3) is 7.59. The fourth-order valence-corrected chi connectivity index (χ4v) is 6.91. The molecule has 3 aliphatic rings. The first kappa shape index (κ1) is 31.7. The van der Waals surface area contributed by atoms with E-state index < -0.39 is 58.7 Å². The van der Waals surface area contributed by atoms with Crippen LogP contribution in [-0.2, 0) is 28.3 Å². The maximum Gasteiger partial charge on any atom is 0.434 e. The maximum atomic E-state index is 13.5. The summed E-state index contributed by atoms with van der Waals surface area (Å²) in [7, 11) is -0.989. The molecule has 0 radical (unpaired) electrons. The van der Waals surface area contributed by atoms with Crippen LogP contribution in [0, 0.1) is 0 Å². The Morgan fingerprint density at radius 2 is 1.56 bits per heavy atom. The lowest BCUT2D eigenvalue weighted by molar-refractivity contribution is -0.308. The SMILES string of the molecule is O=C(OC(C(F)(F)F)C(F)(F)F)N1CCC2(CCCN2Cc2ccc(C(F)(F)F)cc2OC2CCS(=O)CC2)CC1. The molecule has 1 amide bonds. The summed E-state index contributed by atoms with van der Waals surface area (Å²) in [5.41, 5.74) is -0.938. The predicted molar refractivity (Wildman–Crippen MR) is 129 cm³/mol. The number of alkyl halides is 9. The second kappa shape index (κ2) is 11.8. The average molecular weight is 625 g/mol. The monoisotopic (exact) mass is 624 g/mol. The zero-order valence-electron chi connectivity index (χ0n) is 21.7. The molecular formula is C25H29F9N2O4S. The minimum absolute atomic E-state index is 0.0610. The van der Waals surface area contributed by atoms with Crippen LogP contribution in [0.1, 0.15) is 49.7 Å². The van der Waals surface area contributed by atoms with Crippen LogP contribution in [-0.4, -0.2) is 81.3 Å². The van der Waals surface area contributed by atoms with Crippen molar-refractivity contribution in [1.82, 2.24) is 9.80 Å². The number of rotatable bonds is 5. The van der Waals surface area contributed by atoms with E-state index >= 15 is 0 Å². The Bertz CT molecular complexity index is 1090. The molecule has 0 saturated carbocycles. The minimum atomic E-state index is -5.82. The molecule has 0 aromatic heterocycles. The van der Waals surface area contributed by atoms with Gasteiger partial charge in [0.25, 0.3) is 6.10 Å². The number of carbonyl (C=O) groups is 1. The lowest BCUT2D eigenvalue weighted by Crippen LogP contribution is -2.54. The Hall–Kier alpha value is -2.23. The van der Waals surface area contributed by atoms with Crippen molar-refractivity contribution in [1.29, 1.82) is 0 Å². The van der Waals surface area contributed by atoms with Crippen LogP contribution in [0.2, 0.25) is 0 Å². The lowest BCUT2D eigenvalue weighted by Gasteiger charge is -2.45. The topological polar surface area (TPSA) is 59.1 Å². The summed E-state index contributed by atoms with van der Waals surface area (Å²) >= 11 is 0. The van der Waals surface area contributed by atoms with Gasteiger partial charge < -0.3 is 14.4 Å². The second-order valence-corrected chi connectivity index (χ2v) is 12.3. The van der Waals surface area contributed by atoms with E-state index in [9.17, 15) is 48.5 Å². The van der Waals surface area contributed by atoms with Gasteiger partial charge in [-0.05, 0) is 57.2 Å². The Balaban J connectivity index is 1.46.